The van der Waals surface area contributed by atoms with Crippen LogP contribution >= 0.6 is 0 Å². The van der Waals surface area contributed by atoms with Crippen molar-refractivity contribution < 1.29 is 5.11 Å². The van der Waals surface area contributed by atoms with Crippen molar-refractivity contribution in [3.63, 3.8) is 0 Å². The van der Waals surface area contributed by atoms with Crippen molar-refractivity contribution >= 4 is 0 Å². The van der Waals surface area contributed by atoms with Crippen molar-refractivity contribution in [1.29, 1.82) is 0 Å². The molecule has 1 atom stereocenters. The van der Waals surface area contributed by atoms with Crippen LogP contribution in [-0.2, 0) is 12.1 Å². The molecule has 102 valence electrons. The van der Waals surface area contributed by atoms with Crippen LogP contribution in [0.1, 0.15) is 65.1 Å². The lowest BCUT2D eigenvalue weighted by Crippen LogP contribution is -2.29. The monoisotopic (exact) mass is 250 g/mol. The van der Waals surface area contributed by atoms with Gasteiger partial charge in [-0.15, -0.1) is 0 Å². The third-order valence-corrected chi connectivity index (χ3v) is 4.26. The molecule has 2 rings (SSSR count). The molecular weight excluding hydrogens is 224 g/mol. The van der Waals surface area contributed by atoms with Crippen LogP contribution in [0.4, 0.5) is 0 Å². The summed E-state index contributed by atoms with van der Waals surface area (Å²) in [5, 5.41) is 11.0. The van der Waals surface area contributed by atoms with E-state index in [1.165, 1.54) is 6.42 Å². The van der Waals surface area contributed by atoms with Gasteiger partial charge in [0.05, 0.1) is 0 Å². The minimum atomic E-state index is -0.716. The molecule has 3 nitrogen and oxygen atoms in total. The maximum atomic E-state index is 11.0. The van der Waals surface area contributed by atoms with Gasteiger partial charge in [0.1, 0.15) is 11.4 Å². The van der Waals surface area contributed by atoms with Gasteiger partial charge in [-0.25, -0.2) is 4.98 Å². The zero-order valence-electron chi connectivity index (χ0n) is 11.9. The number of hydrogen-bond donors (Lipinski definition) is 1. The summed E-state index contributed by atoms with van der Waals surface area (Å²) in [7, 11) is 0. The van der Waals surface area contributed by atoms with Crippen LogP contribution in [0.2, 0.25) is 0 Å². The van der Waals surface area contributed by atoms with Crippen LogP contribution in [0, 0.1) is 5.41 Å². The van der Waals surface area contributed by atoms with E-state index in [4.69, 9.17) is 0 Å². The molecule has 0 bridgehead atoms. The van der Waals surface area contributed by atoms with E-state index in [-0.39, 0.29) is 0 Å². The lowest BCUT2D eigenvalue weighted by molar-refractivity contribution is 0.00592. The third kappa shape index (κ3) is 2.77. The molecule has 0 spiro atoms. The zero-order valence-corrected chi connectivity index (χ0v) is 11.9. The number of aromatic nitrogens is 2. The highest BCUT2D eigenvalue weighted by Crippen LogP contribution is 2.42. The van der Waals surface area contributed by atoms with Gasteiger partial charge in [0.15, 0.2) is 0 Å². The molecule has 1 aliphatic carbocycles. The molecule has 1 aliphatic rings. The fourth-order valence-electron chi connectivity index (χ4n) is 3.02. The number of hydrogen-bond acceptors (Lipinski definition) is 2. The maximum Gasteiger partial charge on any atom is 0.140 e. The summed E-state index contributed by atoms with van der Waals surface area (Å²) in [6, 6.07) is 0. The smallest absolute Gasteiger partial charge is 0.140 e. The Morgan fingerprint density at radius 3 is 2.78 bits per heavy atom. The highest BCUT2D eigenvalue weighted by atomic mass is 16.3. The van der Waals surface area contributed by atoms with Crippen LogP contribution in [0.25, 0.3) is 0 Å². The van der Waals surface area contributed by atoms with E-state index >= 15 is 0 Å². The quantitative estimate of drug-likeness (QED) is 0.834. The molecular formula is C15H26N2O. The summed E-state index contributed by atoms with van der Waals surface area (Å²) in [5.41, 5.74) is -0.362. The molecule has 1 N–H and O–H groups in total. The van der Waals surface area contributed by atoms with Crippen molar-refractivity contribution in [2.45, 2.75) is 71.4 Å². The van der Waals surface area contributed by atoms with Crippen molar-refractivity contribution in [3.05, 3.63) is 18.2 Å². The zero-order chi connectivity index (χ0) is 13.2. The average molecular weight is 250 g/mol. The number of nitrogens with zero attached hydrogens (tertiary/aromatic N) is 2. The van der Waals surface area contributed by atoms with Gasteiger partial charge >= 0.3 is 0 Å². The molecule has 0 aromatic carbocycles. The molecule has 0 amide bonds. The Kier molecular flexibility index (Phi) is 3.81. The molecule has 1 aromatic rings. The summed E-state index contributed by atoms with van der Waals surface area (Å²) in [6.45, 7) is 7.71. The van der Waals surface area contributed by atoms with Gasteiger partial charge in [0.25, 0.3) is 0 Å². The first-order valence-electron chi connectivity index (χ1n) is 7.21. The molecule has 0 radical (unpaired) electrons. The van der Waals surface area contributed by atoms with Crippen LogP contribution in [0.3, 0.4) is 0 Å². The summed E-state index contributed by atoms with van der Waals surface area (Å²) < 4.78 is 2.12. The van der Waals surface area contributed by atoms with Gasteiger partial charge in [-0.1, -0.05) is 20.8 Å². The van der Waals surface area contributed by atoms with Gasteiger partial charge in [-0.05, 0) is 43.9 Å². The standard InChI is InChI=1S/C15H26N2O/c1-4-11-17-12-10-16-13(17)15(18)7-5-6-14(2,3)8-9-15/h10,12,18H,4-9,11H2,1-3H3. The van der Waals surface area contributed by atoms with E-state index in [9.17, 15) is 5.11 Å². The van der Waals surface area contributed by atoms with Crippen LogP contribution in [0.15, 0.2) is 12.4 Å². The minimum Gasteiger partial charge on any atom is -0.382 e. The Bertz CT molecular complexity index is 397. The summed E-state index contributed by atoms with van der Waals surface area (Å²) in [5.74, 6) is 0.877. The van der Waals surface area contributed by atoms with Crippen molar-refractivity contribution in [3.8, 4) is 0 Å². The first kappa shape index (κ1) is 13.6. The molecule has 1 unspecified atom stereocenters. The molecule has 0 saturated heterocycles. The molecule has 0 aliphatic heterocycles. The normalized spacial score (nSPS) is 28.0. The molecule has 3 heteroatoms. The van der Waals surface area contributed by atoms with E-state index in [1.54, 1.807) is 0 Å². The highest BCUT2D eigenvalue weighted by Gasteiger charge is 2.38. The topological polar surface area (TPSA) is 38.0 Å². The second-order valence-corrected chi connectivity index (χ2v) is 6.49. The largest absolute Gasteiger partial charge is 0.382 e. The van der Waals surface area contributed by atoms with Crippen molar-refractivity contribution in [2.24, 2.45) is 5.41 Å². The number of aliphatic hydroxyl groups is 1. The Morgan fingerprint density at radius 1 is 1.28 bits per heavy atom. The summed E-state index contributed by atoms with van der Waals surface area (Å²) in [4.78, 5) is 4.43. The third-order valence-electron chi connectivity index (χ3n) is 4.26. The van der Waals surface area contributed by atoms with Crippen molar-refractivity contribution in [2.75, 3.05) is 0 Å². The van der Waals surface area contributed by atoms with E-state index in [0.717, 1.165) is 44.5 Å². The van der Waals surface area contributed by atoms with Gasteiger partial charge in [-0.3, -0.25) is 0 Å². The minimum absolute atomic E-state index is 0.354. The molecule has 1 heterocycles. The van der Waals surface area contributed by atoms with Gasteiger partial charge in [0, 0.05) is 18.9 Å². The van der Waals surface area contributed by atoms with Crippen LogP contribution in [-0.4, -0.2) is 14.7 Å². The first-order chi connectivity index (χ1) is 8.47. The van der Waals surface area contributed by atoms with Gasteiger partial charge in [-0.2, -0.15) is 0 Å². The second kappa shape index (κ2) is 5.04. The fraction of sp³-hybridized carbons (Fsp3) is 0.800. The lowest BCUT2D eigenvalue weighted by Gasteiger charge is -2.28. The number of imidazole rings is 1. The van der Waals surface area contributed by atoms with Gasteiger partial charge < -0.3 is 9.67 Å². The van der Waals surface area contributed by atoms with E-state index < -0.39 is 5.60 Å². The lowest BCUT2D eigenvalue weighted by atomic mass is 9.84. The fourth-order valence-corrected chi connectivity index (χ4v) is 3.02. The Morgan fingerprint density at radius 2 is 2.06 bits per heavy atom. The Balaban J connectivity index is 2.22. The SMILES string of the molecule is CCCn1ccnc1C1(O)CCCC(C)(C)CC1. The molecule has 1 aromatic heterocycles. The van der Waals surface area contributed by atoms with E-state index in [2.05, 4.69) is 30.3 Å². The number of aryl methyl sites for hydroxylation is 1. The van der Waals surface area contributed by atoms with Crippen LogP contribution in [0.5, 0.6) is 0 Å². The first-order valence-corrected chi connectivity index (χ1v) is 7.21. The van der Waals surface area contributed by atoms with Crippen molar-refractivity contribution in [1.82, 2.24) is 9.55 Å². The highest BCUT2D eigenvalue weighted by molar-refractivity contribution is 5.06. The summed E-state index contributed by atoms with van der Waals surface area (Å²) in [6.07, 6.45) is 9.92. The second-order valence-electron chi connectivity index (χ2n) is 6.49. The average Bonchev–Trinajstić information content (AvgIpc) is 2.71. The van der Waals surface area contributed by atoms with E-state index in [1.807, 2.05) is 12.4 Å². The molecule has 1 fully saturated rings. The Hall–Kier alpha value is -0.830. The molecule has 1 saturated carbocycles. The van der Waals surface area contributed by atoms with E-state index in [0.29, 0.717) is 5.41 Å². The predicted molar refractivity (Wildman–Crippen MR) is 73.3 cm³/mol. The predicted octanol–water partition coefficient (Wildman–Crippen LogP) is 3.47. The Labute approximate surface area is 110 Å². The van der Waals surface area contributed by atoms with Crippen LogP contribution < -0.4 is 0 Å². The maximum absolute atomic E-state index is 11.0. The molecule has 18 heavy (non-hydrogen) atoms. The number of rotatable bonds is 3. The summed E-state index contributed by atoms with van der Waals surface area (Å²) >= 11 is 0. The van der Waals surface area contributed by atoms with Gasteiger partial charge in [0.2, 0.25) is 0 Å².